The number of amides is 1. The first-order chi connectivity index (χ1) is 12.2. The second kappa shape index (κ2) is 6.16. The minimum Gasteiger partial charge on any atom is -0.321 e. The lowest BCUT2D eigenvalue weighted by Crippen LogP contribution is -2.14. The molecule has 3 aromatic heterocycles. The lowest BCUT2D eigenvalue weighted by molar-refractivity contribution is 0.102. The molecule has 3 heterocycles. The molecule has 0 bridgehead atoms. The van der Waals surface area contributed by atoms with Gasteiger partial charge in [-0.2, -0.15) is 0 Å². The maximum Gasteiger partial charge on any atom is 0.256 e. The molecule has 0 saturated heterocycles. The van der Waals surface area contributed by atoms with Gasteiger partial charge in [-0.25, -0.2) is 9.97 Å². The Morgan fingerprint density at radius 3 is 2.72 bits per heavy atom. The van der Waals surface area contributed by atoms with Crippen LogP contribution in [0.2, 0.25) is 0 Å². The molecule has 0 radical (unpaired) electrons. The van der Waals surface area contributed by atoms with E-state index in [4.69, 9.17) is 0 Å². The molecule has 0 spiro atoms. The largest absolute Gasteiger partial charge is 0.321 e. The molecule has 0 aliphatic carbocycles. The first-order valence-electron chi connectivity index (χ1n) is 7.82. The van der Waals surface area contributed by atoms with Crippen molar-refractivity contribution in [1.82, 2.24) is 19.5 Å². The SMILES string of the molecule is Cc1cnc2ccccc2c1C(=O)Nc1ccc(-n2ccnc2)nc1. The van der Waals surface area contributed by atoms with Crippen molar-refractivity contribution in [2.24, 2.45) is 0 Å². The van der Waals surface area contributed by atoms with E-state index >= 15 is 0 Å². The van der Waals surface area contributed by atoms with Crippen LogP contribution in [0, 0.1) is 6.92 Å². The Balaban J connectivity index is 1.63. The van der Waals surface area contributed by atoms with Gasteiger partial charge < -0.3 is 5.32 Å². The second-order valence-corrected chi connectivity index (χ2v) is 5.66. The van der Waals surface area contributed by atoms with Gasteiger partial charge in [0.15, 0.2) is 0 Å². The van der Waals surface area contributed by atoms with Crippen molar-refractivity contribution >= 4 is 22.5 Å². The van der Waals surface area contributed by atoms with Crippen LogP contribution in [0.15, 0.2) is 67.5 Å². The summed E-state index contributed by atoms with van der Waals surface area (Å²) in [7, 11) is 0. The normalized spacial score (nSPS) is 10.8. The molecular weight excluding hydrogens is 314 g/mol. The summed E-state index contributed by atoms with van der Waals surface area (Å²) < 4.78 is 1.80. The van der Waals surface area contributed by atoms with Gasteiger partial charge in [0.2, 0.25) is 0 Å². The lowest BCUT2D eigenvalue weighted by atomic mass is 10.0. The fraction of sp³-hybridized carbons (Fsp3) is 0.0526. The number of carbonyl (C=O) groups excluding carboxylic acids is 1. The maximum atomic E-state index is 12.8. The maximum absolute atomic E-state index is 12.8. The average molecular weight is 329 g/mol. The molecule has 0 aliphatic heterocycles. The topological polar surface area (TPSA) is 72.7 Å². The number of benzene rings is 1. The predicted octanol–water partition coefficient (Wildman–Crippen LogP) is 3.38. The first-order valence-corrected chi connectivity index (χ1v) is 7.82. The summed E-state index contributed by atoms with van der Waals surface area (Å²) in [5.74, 6) is 0.564. The van der Waals surface area contributed by atoms with E-state index in [1.54, 1.807) is 29.5 Å². The smallest absolute Gasteiger partial charge is 0.256 e. The van der Waals surface area contributed by atoms with Crippen molar-refractivity contribution in [3.05, 3.63) is 78.6 Å². The number of fused-ring (bicyclic) bond motifs is 1. The second-order valence-electron chi connectivity index (χ2n) is 5.66. The number of nitrogens with zero attached hydrogens (tertiary/aromatic N) is 4. The quantitative estimate of drug-likeness (QED) is 0.625. The Morgan fingerprint density at radius 2 is 1.96 bits per heavy atom. The molecule has 122 valence electrons. The number of aryl methyl sites for hydroxylation is 1. The number of carbonyl (C=O) groups is 1. The van der Waals surface area contributed by atoms with E-state index in [-0.39, 0.29) is 5.91 Å². The molecule has 0 aliphatic rings. The summed E-state index contributed by atoms with van der Waals surface area (Å²) >= 11 is 0. The van der Waals surface area contributed by atoms with Crippen LogP contribution in [0.25, 0.3) is 16.7 Å². The van der Waals surface area contributed by atoms with Crippen molar-refractivity contribution in [2.75, 3.05) is 5.32 Å². The molecule has 0 saturated carbocycles. The van der Waals surface area contributed by atoms with Gasteiger partial charge in [0.1, 0.15) is 12.1 Å². The summed E-state index contributed by atoms with van der Waals surface area (Å²) in [4.78, 5) is 25.5. The number of imidazole rings is 1. The Bertz CT molecular complexity index is 1040. The van der Waals surface area contributed by atoms with Gasteiger partial charge in [0.25, 0.3) is 5.91 Å². The molecule has 0 atom stereocenters. The minimum absolute atomic E-state index is 0.173. The van der Waals surface area contributed by atoms with Gasteiger partial charge in [0, 0.05) is 24.0 Å². The molecule has 4 rings (SSSR count). The fourth-order valence-corrected chi connectivity index (χ4v) is 2.74. The fourth-order valence-electron chi connectivity index (χ4n) is 2.74. The number of anilines is 1. The molecule has 25 heavy (non-hydrogen) atoms. The Morgan fingerprint density at radius 1 is 1.08 bits per heavy atom. The van der Waals surface area contributed by atoms with Crippen LogP contribution in [-0.4, -0.2) is 25.4 Å². The van der Waals surface area contributed by atoms with Crippen LogP contribution in [0.1, 0.15) is 15.9 Å². The van der Waals surface area contributed by atoms with Crippen molar-refractivity contribution in [2.45, 2.75) is 6.92 Å². The third-order valence-electron chi connectivity index (χ3n) is 3.97. The van der Waals surface area contributed by atoms with Crippen LogP contribution >= 0.6 is 0 Å². The zero-order valence-corrected chi connectivity index (χ0v) is 13.5. The molecule has 1 amide bonds. The summed E-state index contributed by atoms with van der Waals surface area (Å²) in [6, 6.07) is 11.3. The Labute approximate surface area is 144 Å². The first kappa shape index (κ1) is 15.0. The highest BCUT2D eigenvalue weighted by molar-refractivity contribution is 6.13. The molecule has 1 N–H and O–H groups in total. The van der Waals surface area contributed by atoms with Crippen LogP contribution in [-0.2, 0) is 0 Å². The number of hydrogen-bond donors (Lipinski definition) is 1. The van der Waals surface area contributed by atoms with Gasteiger partial charge >= 0.3 is 0 Å². The van der Waals surface area contributed by atoms with E-state index in [2.05, 4.69) is 20.3 Å². The van der Waals surface area contributed by atoms with E-state index in [0.29, 0.717) is 11.3 Å². The van der Waals surface area contributed by atoms with Crippen molar-refractivity contribution < 1.29 is 4.79 Å². The highest BCUT2D eigenvalue weighted by Gasteiger charge is 2.14. The summed E-state index contributed by atoms with van der Waals surface area (Å²) in [6.45, 7) is 1.88. The van der Waals surface area contributed by atoms with Crippen LogP contribution in [0.5, 0.6) is 0 Å². The molecule has 1 aromatic carbocycles. The minimum atomic E-state index is -0.173. The van der Waals surface area contributed by atoms with E-state index in [9.17, 15) is 4.79 Å². The van der Waals surface area contributed by atoms with E-state index in [1.807, 2.05) is 49.5 Å². The summed E-state index contributed by atoms with van der Waals surface area (Å²) in [5.41, 5.74) is 2.89. The molecule has 4 aromatic rings. The van der Waals surface area contributed by atoms with Crippen LogP contribution < -0.4 is 5.32 Å². The number of pyridine rings is 2. The number of rotatable bonds is 3. The molecular formula is C19H15N5O. The van der Waals surface area contributed by atoms with E-state index < -0.39 is 0 Å². The van der Waals surface area contributed by atoms with E-state index in [1.165, 1.54) is 0 Å². The monoisotopic (exact) mass is 329 g/mol. The Hall–Kier alpha value is -3.54. The number of hydrogen-bond acceptors (Lipinski definition) is 4. The van der Waals surface area contributed by atoms with Gasteiger partial charge in [-0.3, -0.25) is 14.3 Å². The third-order valence-corrected chi connectivity index (χ3v) is 3.97. The number of aromatic nitrogens is 4. The lowest BCUT2D eigenvalue weighted by Gasteiger charge is -2.11. The zero-order chi connectivity index (χ0) is 17.2. The van der Waals surface area contributed by atoms with Crippen LogP contribution in [0.3, 0.4) is 0 Å². The predicted molar refractivity (Wildman–Crippen MR) is 95.8 cm³/mol. The van der Waals surface area contributed by atoms with Gasteiger partial charge in [-0.05, 0) is 30.7 Å². The molecule has 0 fully saturated rings. The zero-order valence-electron chi connectivity index (χ0n) is 13.5. The molecule has 0 unspecified atom stereocenters. The number of nitrogens with one attached hydrogen (secondary N) is 1. The number of para-hydroxylation sites is 1. The standard InChI is InChI=1S/C19H15N5O/c1-13-10-21-16-5-3-2-4-15(16)18(13)19(25)23-14-6-7-17(22-11-14)24-9-8-20-12-24/h2-12H,1H3,(H,23,25). The van der Waals surface area contributed by atoms with Gasteiger partial charge in [0.05, 0.1) is 23.0 Å². The van der Waals surface area contributed by atoms with Crippen LogP contribution in [0.4, 0.5) is 5.69 Å². The Kier molecular flexibility index (Phi) is 3.70. The summed E-state index contributed by atoms with van der Waals surface area (Å²) in [5, 5.41) is 3.75. The average Bonchev–Trinajstić information content (AvgIpc) is 3.17. The van der Waals surface area contributed by atoms with Crippen molar-refractivity contribution in [3.8, 4) is 5.82 Å². The van der Waals surface area contributed by atoms with Crippen molar-refractivity contribution in [3.63, 3.8) is 0 Å². The summed E-state index contributed by atoms with van der Waals surface area (Å²) in [6.07, 6.45) is 8.53. The van der Waals surface area contributed by atoms with Gasteiger partial charge in [-0.1, -0.05) is 18.2 Å². The highest BCUT2D eigenvalue weighted by Crippen LogP contribution is 2.21. The third kappa shape index (κ3) is 2.85. The van der Waals surface area contributed by atoms with Gasteiger partial charge in [-0.15, -0.1) is 0 Å². The highest BCUT2D eigenvalue weighted by atomic mass is 16.1. The van der Waals surface area contributed by atoms with Crippen molar-refractivity contribution in [1.29, 1.82) is 0 Å². The van der Waals surface area contributed by atoms with E-state index in [0.717, 1.165) is 22.3 Å². The molecule has 6 nitrogen and oxygen atoms in total. The molecule has 6 heteroatoms.